The van der Waals surface area contributed by atoms with Crippen LogP contribution in [0.3, 0.4) is 0 Å². The molecular weight excluding hydrogens is 216 g/mol. The summed E-state index contributed by atoms with van der Waals surface area (Å²) >= 11 is 0. The van der Waals surface area contributed by atoms with Gasteiger partial charge in [-0.25, -0.2) is 8.78 Å². The number of hydrogen-bond acceptors (Lipinski definition) is 3. The highest BCUT2D eigenvalue weighted by atomic mass is 19.1. The molecule has 1 aromatic carbocycles. The average Bonchev–Trinajstić information content (AvgIpc) is 2.07. The summed E-state index contributed by atoms with van der Waals surface area (Å²) < 4.78 is 32.3. The van der Waals surface area contributed by atoms with Crippen LogP contribution in [0.2, 0.25) is 0 Å². The van der Waals surface area contributed by atoms with Crippen molar-refractivity contribution in [1.29, 1.82) is 0 Å². The van der Waals surface area contributed by atoms with Crippen molar-refractivity contribution in [3.8, 4) is 0 Å². The molecule has 1 aliphatic rings. The minimum atomic E-state index is -0.849. The maximum atomic E-state index is 13.9. The van der Waals surface area contributed by atoms with E-state index in [1.807, 2.05) is 0 Å². The molecule has 0 saturated carbocycles. The largest absolute Gasteiger partial charge is 0.398 e. The highest BCUT2D eigenvalue weighted by molar-refractivity contribution is 5.99. The fourth-order valence-corrected chi connectivity index (χ4v) is 1.79. The zero-order valence-corrected chi connectivity index (χ0v) is 8.72. The van der Waals surface area contributed by atoms with E-state index in [1.54, 1.807) is 0 Å². The van der Waals surface area contributed by atoms with Gasteiger partial charge in [0, 0.05) is 17.2 Å². The summed E-state index contributed by atoms with van der Waals surface area (Å²) in [5.41, 5.74) is 4.93. The maximum absolute atomic E-state index is 13.9. The van der Waals surface area contributed by atoms with Crippen LogP contribution in [0.1, 0.15) is 28.8 Å². The van der Waals surface area contributed by atoms with Gasteiger partial charge in [-0.1, -0.05) is 0 Å². The third-order valence-corrected chi connectivity index (χ3v) is 2.68. The topological polar surface area (TPSA) is 52.3 Å². The highest BCUT2D eigenvalue weighted by Gasteiger charge is 2.30. The lowest BCUT2D eigenvalue weighted by Gasteiger charge is -2.27. The van der Waals surface area contributed by atoms with Crippen LogP contribution in [0.4, 0.5) is 14.5 Å². The van der Waals surface area contributed by atoms with E-state index in [9.17, 15) is 13.6 Å². The first kappa shape index (κ1) is 11.0. The molecule has 0 spiro atoms. The zero-order valence-electron chi connectivity index (χ0n) is 8.72. The number of anilines is 1. The Labute approximate surface area is 91.2 Å². The van der Waals surface area contributed by atoms with Crippen molar-refractivity contribution >= 4 is 11.5 Å². The lowest BCUT2D eigenvalue weighted by molar-refractivity contribution is 0.00549. The van der Waals surface area contributed by atoms with E-state index in [2.05, 4.69) is 0 Å². The molecule has 0 bridgehead atoms. The molecule has 5 heteroatoms. The molecule has 0 atom stereocenters. The van der Waals surface area contributed by atoms with Crippen molar-refractivity contribution in [2.75, 3.05) is 18.9 Å². The molecule has 86 valence electrons. The molecule has 1 aromatic rings. The van der Waals surface area contributed by atoms with Gasteiger partial charge < -0.3 is 10.5 Å². The number of ketones is 1. The van der Waals surface area contributed by atoms with E-state index in [1.165, 1.54) is 6.92 Å². The van der Waals surface area contributed by atoms with Gasteiger partial charge in [0.2, 0.25) is 0 Å². The van der Waals surface area contributed by atoms with Crippen LogP contribution in [0.5, 0.6) is 0 Å². The van der Waals surface area contributed by atoms with E-state index in [0.717, 1.165) is 6.07 Å². The molecular formula is C11H11F2NO2. The Kier molecular flexibility index (Phi) is 2.63. The summed E-state index contributed by atoms with van der Waals surface area (Å²) in [6.45, 7) is 1.75. The van der Waals surface area contributed by atoms with Crippen molar-refractivity contribution in [2.24, 2.45) is 0 Å². The number of nitrogens with two attached hydrogens (primary N) is 1. The number of ether oxygens (including phenoxy) is 1. The second-order valence-electron chi connectivity index (χ2n) is 3.84. The third kappa shape index (κ3) is 1.57. The lowest BCUT2D eigenvalue weighted by Crippen LogP contribution is -2.28. The molecule has 1 aliphatic heterocycles. The number of carbonyl (C=O) groups is 1. The predicted octanol–water partition coefficient (Wildman–Crippen LogP) is 1.86. The Hall–Kier alpha value is -1.49. The van der Waals surface area contributed by atoms with Crippen LogP contribution in [0.15, 0.2) is 6.07 Å². The van der Waals surface area contributed by atoms with Crippen LogP contribution < -0.4 is 5.73 Å². The normalized spacial score (nSPS) is 15.9. The lowest BCUT2D eigenvalue weighted by atomic mass is 9.92. The number of hydrogen-bond donors (Lipinski definition) is 1. The summed E-state index contributed by atoms with van der Waals surface area (Å²) in [5.74, 6) is -2.39. The minimum Gasteiger partial charge on any atom is -0.398 e. The van der Waals surface area contributed by atoms with E-state index >= 15 is 0 Å². The molecule has 0 unspecified atom stereocenters. The quantitative estimate of drug-likeness (QED) is 0.619. The maximum Gasteiger partial charge on any atom is 0.164 e. The van der Waals surface area contributed by atoms with Gasteiger partial charge >= 0.3 is 0 Å². The summed E-state index contributed by atoms with van der Waals surface area (Å²) in [7, 11) is 0. The van der Waals surface area contributed by atoms with Gasteiger partial charge in [-0.3, -0.25) is 4.79 Å². The molecule has 0 aromatic heterocycles. The van der Waals surface area contributed by atoms with Crippen molar-refractivity contribution in [3.05, 3.63) is 28.8 Å². The average molecular weight is 227 g/mol. The molecule has 1 saturated heterocycles. The van der Waals surface area contributed by atoms with Crippen molar-refractivity contribution in [3.63, 3.8) is 0 Å². The molecule has 2 rings (SSSR count). The van der Waals surface area contributed by atoms with E-state index < -0.39 is 17.4 Å². The molecule has 1 heterocycles. The van der Waals surface area contributed by atoms with Gasteiger partial charge in [-0.05, 0) is 13.0 Å². The summed E-state index contributed by atoms with van der Waals surface area (Å²) in [4.78, 5) is 11.2. The van der Waals surface area contributed by atoms with Gasteiger partial charge in [0.15, 0.2) is 5.78 Å². The van der Waals surface area contributed by atoms with Crippen molar-refractivity contribution in [1.82, 2.24) is 0 Å². The molecule has 16 heavy (non-hydrogen) atoms. The second kappa shape index (κ2) is 3.83. The van der Waals surface area contributed by atoms with E-state index in [-0.39, 0.29) is 35.9 Å². The molecule has 0 radical (unpaired) electrons. The number of rotatable bonds is 2. The predicted molar refractivity (Wildman–Crippen MR) is 54.3 cm³/mol. The monoisotopic (exact) mass is 227 g/mol. The first-order valence-corrected chi connectivity index (χ1v) is 4.88. The van der Waals surface area contributed by atoms with E-state index in [0.29, 0.717) is 0 Å². The Morgan fingerprint density at radius 1 is 1.50 bits per heavy atom. The Morgan fingerprint density at radius 3 is 2.56 bits per heavy atom. The fraction of sp³-hybridized carbons (Fsp3) is 0.364. The number of halogens is 2. The molecule has 0 amide bonds. The van der Waals surface area contributed by atoms with Gasteiger partial charge in [0.05, 0.1) is 18.8 Å². The standard InChI is InChI=1S/C11H11F2NO2/c1-5(15)9-8(14)2-7(12)10(11(9)13)6-3-16-4-6/h2,6H,3-4,14H2,1H3. The smallest absolute Gasteiger partial charge is 0.164 e. The molecule has 3 nitrogen and oxygen atoms in total. The molecule has 2 N–H and O–H groups in total. The summed E-state index contributed by atoms with van der Waals surface area (Å²) in [5, 5.41) is 0. The first-order chi connectivity index (χ1) is 7.52. The van der Waals surface area contributed by atoms with Gasteiger partial charge in [0.25, 0.3) is 0 Å². The molecule has 1 fully saturated rings. The Morgan fingerprint density at radius 2 is 2.12 bits per heavy atom. The second-order valence-corrected chi connectivity index (χ2v) is 3.84. The number of Topliss-reactive ketones (excluding diaryl/α,β-unsaturated/α-hetero) is 1. The van der Waals surface area contributed by atoms with Crippen LogP contribution in [0, 0.1) is 11.6 Å². The van der Waals surface area contributed by atoms with Crippen molar-refractivity contribution in [2.45, 2.75) is 12.8 Å². The number of benzene rings is 1. The highest BCUT2D eigenvalue weighted by Crippen LogP contribution is 2.32. The Balaban J connectivity index is 2.59. The number of carbonyl (C=O) groups excluding carboxylic acids is 1. The van der Waals surface area contributed by atoms with Crippen LogP contribution in [-0.2, 0) is 4.74 Å². The van der Waals surface area contributed by atoms with Gasteiger partial charge in [-0.2, -0.15) is 0 Å². The fourth-order valence-electron chi connectivity index (χ4n) is 1.79. The van der Waals surface area contributed by atoms with Gasteiger partial charge in [-0.15, -0.1) is 0 Å². The summed E-state index contributed by atoms with van der Waals surface area (Å²) in [6.07, 6.45) is 0. The van der Waals surface area contributed by atoms with Crippen LogP contribution in [0.25, 0.3) is 0 Å². The van der Waals surface area contributed by atoms with Gasteiger partial charge in [0.1, 0.15) is 11.6 Å². The van der Waals surface area contributed by atoms with Crippen LogP contribution >= 0.6 is 0 Å². The van der Waals surface area contributed by atoms with E-state index in [4.69, 9.17) is 10.5 Å². The first-order valence-electron chi connectivity index (χ1n) is 4.88. The Bertz CT molecular complexity index is 456. The summed E-state index contributed by atoms with van der Waals surface area (Å²) in [6, 6.07) is 0.994. The van der Waals surface area contributed by atoms with Crippen LogP contribution in [-0.4, -0.2) is 19.0 Å². The molecule has 0 aliphatic carbocycles. The number of nitrogen functional groups attached to an aromatic ring is 1. The minimum absolute atomic E-state index is 0.0920. The van der Waals surface area contributed by atoms with Crippen molar-refractivity contribution < 1.29 is 18.3 Å². The third-order valence-electron chi connectivity index (χ3n) is 2.68. The SMILES string of the molecule is CC(=O)c1c(N)cc(F)c(C2COC2)c1F. The zero-order chi connectivity index (χ0) is 11.9.